The molecule has 0 saturated heterocycles. The molecule has 20 heavy (non-hydrogen) atoms. The van der Waals surface area contributed by atoms with Crippen LogP contribution in [0.5, 0.6) is 0 Å². The van der Waals surface area contributed by atoms with E-state index in [4.69, 9.17) is 17.3 Å². The fourth-order valence-electron chi connectivity index (χ4n) is 1.34. The number of benzene rings is 1. The van der Waals surface area contributed by atoms with E-state index in [-0.39, 0.29) is 17.2 Å². The lowest BCUT2D eigenvalue weighted by atomic mass is 10.2. The second-order valence-corrected chi connectivity index (χ2v) is 7.38. The molecule has 0 saturated carbocycles. The van der Waals surface area contributed by atoms with E-state index in [0.717, 1.165) is 0 Å². The number of anilines is 1. The molecule has 5 heteroatoms. The van der Waals surface area contributed by atoms with Gasteiger partial charge in [0, 0.05) is 15.3 Å². The quantitative estimate of drug-likeness (QED) is 0.843. The van der Waals surface area contributed by atoms with Crippen molar-refractivity contribution in [3.63, 3.8) is 0 Å². The molecule has 3 N–H and O–H groups in total. The average molecular weight is 311 g/mol. The predicted molar refractivity (Wildman–Crippen MR) is 88.2 cm³/mol. The molecule has 0 unspecified atom stereocenters. The van der Waals surface area contributed by atoms with Crippen molar-refractivity contribution in [1.82, 2.24) is 0 Å². The van der Waals surface area contributed by atoms with Crippen molar-refractivity contribution in [3.05, 3.63) is 28.8 Å². The second-order valence-electron chi connectivity index (χ2n) is 5.15. The number of rotatable bonds is 3. The third-order valence-electron chi connectivity index (χ3n) is 2.22. The summed E-state index contributed by atoms with van der Waals surface area (Å²) in [5, 5.41) is 3.40. The molecule has 0 heterocycles. The van der Waals surface area contributed by atoms with E-state index in [2.05, 4.69) is 37.9 Å². The first-order chi connectivity index (χ1) is 9.31. The Morgan fingerprint density at radius 1 is 1.45 bits per heavy atom. The summed E-state index contributed by atoms with van der Waals surface area (Å²) in [4.78, 5) is 11.9. The third kappa shape index (κ3) is 6.33. The Kier molecular flexibility index (Phi) is 6.41. The number of halogens is 1. The topological polar surface area (TPSA) is 55.1 Å². The molecular weight excluding hydrogens is 292 g/mol. The van der Waals surface area contributed by atoms with Crippen molar-refractivity contribution < 1.29 is 4.79 Å². The van der Waals surface area contributed by atoms with E-state index in [1.54, 1.807) is 30.0 Å². The van der Waals surface area contributed by atoms with Crippen LogP contribution in [-0.2, 0) is 4.79 Å². The number of amides is 1. The maximum atomic E-state index is 11.9. The first-order valence-electron chi connectivity index (χ1n) is 6.24. The Labute approximate surface area is 129 Å². The summed E-state index contributed by atoms with van der Waals surface area (Å²) >= 11 is 7.54. The molecule has 1 aromatic rings. The van der Waals surface area contributed by atoms with E-state index >= 15 is 0 Å². The highest BCUT2D eigenvalue weighted by molar-refractivity contribution is 8.01. The molecule has 0 aromatic heterocycles. The fourth-order valence-corrected chi connectivity index (χ4v) is 2.15. The van der Waals surface area contributed by atoms with Gasteiger partial charge in [-0.25, -0.2) is 0 Å². The summed E-state index contributed by atoms with van der Waals surface area (Å²) < 4.78 is 0.0495. The van der Waals surface area contributed by atoms with Crippen LogP contribution in [0, 0.1) is 11.8 Å². The smallest absolute Gasteiger partial charge is 0.234 e. The Balaban J connectivity index is 2.80. The van der Waals surface area contributed by atoms with E-state index < -0.39 is 0 Å². The Bertz CT molecular complexity index is 541. The summed E-state index contributed by atoms with van der Waals surface area (Å²) in [7, 11) is 0. The van der Waals surface area contributed by atoms with Gasteiger partial charge < -0.3 is 11.1 Å². The lowest BCUT2D eigenvalue weighted by Crippen LogP contribution is -2.19. The van der Waals surface area contributed by atoms with E-state index in [1.807, 2.05) is 0 Å². The Morgan fingerprint density at radius 2 is 2.15 bits per heavy atom. The summed E-state index contributed by atoms with van der Waals surface area (Å²) in [5.41, 5.74) is 6.70. The molecule has 1 aromatic carbocycles. The standard InChI is InChI=1S/C15H19ClN2OS/c1-15(2,3)20-10-14(19)18-13-9-12(16)7-6-11(13)5-4-8-17/h6-7,9H,8,10,17H2,1-3H3,(H,18,19). The molecule has 3 nitrogen and oxygen atoms in total. The second kappa shape index (κ2) is 7.58. The minimum atomic E-state index is -0.0667. The zero-order valence-electron chi connectivity index (χ0n) is 11.9. The van der Waals surface area contributed by atoms with Gasteiger partial charge in [-0.3, -0.25) is 4.79 Å². The lowest BCUT2D eigenvalue weighted by Gasteiger charge is -2.17. The van der Waals surface area contributed by atoms with Crippen LogP contribution in [0.3, 0.4) is 0 Å². The largest absolute Gasteiger partial charge is 0.324 e. The van der Waals surface area contributed by atoms with Crippen molar-refractivity contribution in [2.75, 3.05) is 17.6 Å². The number of nitrogens with one attached hydrogen (secondary N) is 1. The van der Waals surface area contributed by atoms with Crippen molar-refractivity contribution >= 4 is 35.0 Å². The van der Waals surface area contributed by atoms with Crippen LogP contribution in [0.1, 0.15) is 26.3 Å². The molecule has 0 aliphatic carbocycles. The number of hydrogen-bond donors (Lipinski definition) is 2. The van der Waals surface area contributed by atoms with Crippen LogP contribution in [0.2, 0.25) is 5.02 Å². The van der Waals surface area contributed by atoms with E-state index in [9.17, 15) is 4.79 Å². The maximum absolute atomic E-state index is 11.9. The monoisotopic (exact) mass is 310 g/mol. The lowest BCUT2D eigenvalue weighted by molar-refractivity contribution is -0.113. The summed E-state index contributed by atoms with van der Waals surface area (Å²) in [6, 6.07) is 5.21. The molecule has 1 rings (SSSR count). The van der Waals surface area contributed by atoms with Crippen molar-refractivity contribution in [3.8, 4) is 11.8 Å². The van der Waals surface area contributed by atoms with E-state index in [0.29, 0.717) is 22.0 Å². The molecular formula is C15H19ClN2OS. The first kappa shape index (κ1) is 16.9. The van der Waals surface area contributed by atoms with Gasteiger partial charge in [0.1, 0.15) is 0 Å². The summed E-state index contributed by atoms with van der Waals surface area (Å²) in [5.74, 6) is 6.02. The minimum absolute atomic E-state index is 0.0495. The van der Waals surface area contributed by atoms with Gasteiger partial charge in [-0.05, 0) is 18.2 Å². The number of hydrogen-bond acceptors (Lipinski definition) is 3. The number of carbonyl (C=O) groups is 1. The van der Waals surface area contributed by atoms with Gasteiger partial charge in [-0.2, -0.15) is 0 Å². The number of nitrogens with two attached hydrogens (primary N) is 1. The minimum Gasteiger partial charge on any atom is -0.324 e. The van der Waals surface area contributed by atoms with Gasteiger partial charge >= 0.3 is 0 Å². The molecule has 108 valence electrons. The molecule has 0 atom stereocenters. The van der Waals surface area contributed by atoms with Crippen LogP contribution in [-0.4, -0.2) is 23.0 Å². The molecule has 0 radical (unpaired) electrons. The van der Waals surface area contributed by atoms with Crippen LogP contribution in [0.15, 0.2) is 18.2 Å². The van der Waals surface area contributed by atoms with Gasteiger partial charge in [-0.1, -0.05) is 44.2 Å². The highest BCUT2D eigenvalue weighted by Crippen LogP contribution is 2.24. The van der Waals surface area contributed by atoms with E-state index in [1.165, 1.54) is 0 Å². The van der Waals surface area contributed by atoms with Crippen LogP contribution in [0.4, 0.5) is 5.69 Å². The summed E-state index contributed by atoms with van der Waals surface area (Å²) in [6.45, 7) is 6.49. The van der Waals surface area contributed by atoms with Crippen LogP contribution < -0.4 is 11.1 Å². The molecule has 0 aliphatic rings. The fraction of sp³-hybridized carbons (Fsp3) is 0.400. The van der Waals surface area contributed by atoms with Gasteiger partial charge in [0.05, 0.1) is 18.0 Å². The SMILES string of the molecule is CC(C)(C)SCC(=O)Nc1cc(Cl)ccc1C#CCN. The molecule has 0 spiro atoms. The zero-order valence-corrected chi connectivity index (χ0v) is 13.5. The van der Waals surface area contributed by atoms with Crippen LogP contribution in [0.25, 0.3) is 0 Å². The van der Waals surface area contributed by atoms with Gasteiger partial charge in [-0.15, -0.1) is 11.8 Å². The first-order valence-corrected chi connectivity index (χ1v) is 7.60. The highest BCUT2D eigenvalue weighted by atomic mass is 35.5. The zero-order chi connectivity index (χ0) is 15.2. The van der Waals surface area contributed by atoms with Crippen molar-refractivity contribution in [2.24, 2.45) is 5.73 Å². The van der Waals surface area contributed by atoms with Crippen molar-refractivity contribution in [2.45, 2.75) is 25.5 Å². The molecule has 0 aliphatic heterocycles. The number of thioether (sulfide) groups is 1. The Morgan fingerprint density at radius 3 is 2.75 bits per heavy atom. The predicted octanol–water partition coefficient (Wildman–Crippen LogP) is 3.12. The summed E-state index contributed by atoms with van der Waals surface area (Å²) in [6.07, 6.45) is 0. The third-order valence-corrected chi connectivity index (χ3v) is 3.72. The molecule has 0 bridgehead atoms. The van der Waals surface area contributed by atoms with Gasteiger partial charge in [0.2, 0.25) is 5.91 Å². The van der Waals surface area contributed by atoms with Crippen molar-refractivity contribution in [1.29, 1.82) is 0 Å². The normalized spacial score (nSPS) is 10.7. The van der Waals surface area contributed by atoms with Crippen LogP contribution >= 0.6 is 23.4 Å². The van der Waals surface area contributed by atoms with Gasteiger partial charge in [0.15, 0.2) is 0 Å². The Hall–Kier alpha value is -1.15. The molecule has 0 fully saturated rings. The average Bonchev–Trinajstić information content (AvgIpc) is 2.35. The number of carbonyl (C=O) groups excluding carboxylic acids is 1. The van der Waals surface area contributed by atoms with Gasteiger partial charge in [0.25, 0.3) is 0 Å². The maximum Gasteiger partial charge on any atom is 0.234 e. The molecule has 1 amide bonds. The highest BCUT2D eigenvalue weighted by Gasteiger charge is 2.14.